The zero-order valence-electron chi connectivity index (χ0n) is 7.94. The number of imidazole rings is 1. The van der Waals surface area contributed by atoms with Crippen LogP contribution in [-0.4, -0.2) is 27.6 Å². The third-order valence-corrected chi connectivity index (χ3v) is 2.13. The fourth-order valence-corrected chi connectivity index (χ4v) is 1.34. The summed E-state index contributed by atoms with van der Waals surface area (Å²) in [5.74, 6) is -1.13. The van der Waals surface area contributed by atoms with Gasteiger partial charge in [0.05, 0.1) is 12.2 Å². The number of carbonyl (C=O) groups is 1. The van der Waals surface area contributed by atoms with E-state index in [-0.39, 0.29) is 5.92 Å². The fraction of sp³-hybridized carbons (Fsp3) is 0.556. The maximum atomic E-state index is 10.9. The molecule has 0 bridgehead atoms. The monoisotopic (exact) mass is 197 g/mol. The molecule has 1 aromatic rings. The van der Waals surface area contributed by atoms with Crippen LogP contribution in [0.15, 0.2) is 12.5 Å². The molecule has 0 spiro atoms. The lowest BCUT2D eigenvalue weighted by atomic mass is 9.98. The van der Waals surface area contributed by atoms with Gasteiger partial charge in [0.25, 0.3) is 0 Å². The van der Waals surface area contributed by atoms with E-state index >= 15 is 0 Å². The molecular formula is C9H15N3O2. The average Bonchev–Trinajstić information content (AvgIpc) is 2.64. The van der Waals surface area contributed by atoms with Crippen LogP contribution in [0.4, 0.5) is 0 Å². The molecule has 78 valence electrons. The van der Waals surface area contributed by atoms with Gasteiger partial charge < -0.3 is 15.8 Å². The van der Waals surface area contributed by atoms with Gasteiger partial charge in [-0.25, -0.2) is 4.98 Å². The Hall–Kier alpha value is -1.36. The molecule has 0 fully saturated rings. The molecule has 0 aliphatic rings. The van der Waals surface area contributed by atoms with Crippen molar-refractivity contribution < 1.29 is 9.90 Å². The lowest BCUT2D eigenvalue weighted by Gasteiger charge is -2.09. The first kappa shape index (κ1) is 10.7. The smallest absolute Gasteiger partial charge is 0.306 e. The van der Waals surface area contributed by atoms with Crippen LogP contribution in [-0.2, 0) is 11.2 Å². The van der Waals surface area contributed by atoms with Gasteiger partial charge in [-0.05, 0) is 19.4 Å². The van der Waals surface area contributed by atoms with E-state index in [0.717, 1.165) is 12.1 Å². The Morgan fingerprint density at radius 3 is 3.00 bits per heavy atom. The van der Waals surface area contributed by atoms with Gasteiger partial charge in [-0.2, -0.15) is 0 Å². The first-order chi connectivity index (χ1) is 6.74. The molecule has 1 heterocycles. The van der Waals surface area contributed by atoms with Gasteiger partial charge in [0.1, 0.15) is 0 Å². The Morgan fingerprint density at radius 1 is 1.71 bits per heavy atom. The Kier molecular flexibility index (Phi) is 4.12. The summed E-state index contributed by atoms with van der Waals surface area (Å²) in [4.78, 5) is 17.6. The van der Waals surface area contributed by atoms with Crippen molar-refractivity contribution in [3.05, 3.63) is 18.2 Å². The zero-order valence-corrected chi connectivity index (χ0v) is 7.94. The predicted octanol–water partition coefficient (Wildman–Crippen LogP) is 0.392. The van der Waals surface area contributed by atoms with E-state index in [1.54, 1.807) is 12.5 Å². The van der Waals surface area contributed by atoms with Gasteiger partial charge in [0, 0.05) is 18.3 Å². The summed E-state index contributed by atoms with van der Waals surface area (Å²) in [6, 6.07) is 0. The molecule has 0 aromatic carbocycles. The summed E-state index contributed by atoms with van der Waals surface area (Å²) < 4.78 is 0. The van der Waals surface area contributed by atoms with E-state index in [9.17, 15) is 4.79 Å². The Morgan fingerprint density at radius 2 is 2.50 bits per heavy atom. The van der Waals surface area contributed by atoms with E-state index in [0.29, 0.717) is 19.4 Å². The third kappa shape index (κ3) is 3.18. The Labute approximate surface area is 82.3 Å². The number of aromatic amines is 1. The van der Waals surface area contributed by atoms with E-state index < -0.39 is 5.97 Å². The second-order valence-electron chi connectivity index (χ2n) is 3.25. The van der Waals surface area contributed by atoms with Crippen molar-refractivity contribution in [1.82, 2.24) is 9.97 Å². The summed E-state index contributed by atoms with van der Waals surface area (Å²) in [7, 11) is 0. The van der Waals surface area contributed by atoms with Crippen molar-refractivity contribution in [1.29, 1.82) is 0 Å². The van der Waals surface area contributed by atoms with Crippen molar-refractivity contribution in [2.75, 3.05) is 6.54 Å². The molecule has 14 heavy (non-hydrogen) atoms. The standard InChI is InChI=1S/C9H15N3O2/c10-3-1-2-7(9(13)14)4-8-5-11-6-12-8/h5-7H,1-4,10H2,(H,11,12)(H,13,14)/t7-/m1/s1. The normalized spacial score (nSPS) is 12.6. The number of nitrogens with one attached hydrogen (secondary N) is 1. The maximum Gasteiger partial charge on any atom is 0.306 e. The SMILES string of the molecule is NCCC[C@H](Cc1cnc[nH]1)C(=O)O. The lowest BCUT2D eigenvalue weighted by molar-refractivity contribution is -0.142. The number of hydrogen-bond acceptors (Lipinski definition) is 3. The minimum atomic E-state index is -0.770. The van der Waals surface area contributed by atoms with Gasteiger partial charge >= 0.3 is 5.97 Å². The van der Waals surface area contributed by atoms with Gasteiger partial charge in [-0.15, -0.1) is 0 Å². The van der Waals surface area contributed by atoms with Crippen LogP contribution in [0.1, 0.15) is 18.5 Å². The summed E-state index contributed by atoms with van der Waals surface area (Å²) in [5.41, 5.74) is 6.19. The molecule has 1 rings (SSSR count). The summed E-state index contributed by atoms with van der Waals surface area (Å²) >= 11 is 0. The lowest BCUT2D eigenvalue weighted by Crippen LogP contribution is -2.18. The van der Waals surface area contributed by atoms with Crippen molar-refractivity contribution in [3.8, 4) is 0 Å². The van der Waals surface area contributed by atoms with Gasteiger partial charge in [0.15, 0.2) is 0 Å². The van der Waals surface area contributed by atoms with Crippen molar-refractivity contribution >= 4 is 5.97 Å². The maximum absolute atomic E-state index is 10.9. The van der Waals surface area contributed by atoms with Gasteiger partial charge in [-0.1, -0.05) is 0 Å². The first-order valence-corrected chi connectivity index (χ1v) is 4.64. The van der Waals surface area contributed by atoms with Crippen LogP contribution in [0.25, 0.3) is 0 Å². The molecule has 0 amide bonds. The van der Waals surface area contributed by atoms with Crippen LogP contribution in [0.5, 0.6) is 0 Å². The Balaban J connectivity index is 2.47. The molecule has 0 saturated carbocycles. The summed E-state index contributed by atoms with van der Waals surface area (Å²) in [6.45, 7) is 0.534. The molecule has 0 aliphatic carbocycles. The minimum Gasteiger partial charge on any atom is -0.481 e. The number of aromatic nitrogens is 2. The highest BCUT2D eigenvalue weighted by atomic mass is 16.4. The number of H-pyrrole nitrogens is 1. The topological polar surface area (TPSA) is 92.0 Å². The zero-order chi connectivity index (χ0) is 10.4. The molecule has 5 heteroatoms. The average molecular weight is 197 g/mol. The quantitative estimate of drug-likeness (QED) is 0.615. The van der Waals surface area contributed by atoms with Crippen LogP contribution in [0.3, 0.4) is 0 Å². The van der Waals surface area contributed by atoms with E-state index in [1.165, 1.54) is 0 Å². The fourth-order valence-electron chi connectivity index (χ4n) is 1.34. The van der Waals surface area contributed by atoms with Crippen LogP contribution in [0, 0.1) is 5.92 Å². The number of carboxylic acids is 1. The van der Waals surface area contributed by atoms with E-state index in [4.69, 9.17) is 10.8 Å². The van der Waals surface area contributed by atoms with Crippen LogP contribution < -0.4 is 5.73 Å². The molecule has 0 saturated heterocycles. The van der Waals surface area contributed by atoms with E-state index in [2.05, 4.69) is 9.97 Å². The highest BCUT2D eigenvalue weighted by Crippen LogP contribution is 2.12. The molecule has 4 N–H and O–H groups in total. The van der Waals surface area contributed by atoms with Gasteiger partial charge in [-0.3, -0.25) is 4.79 Å². The molecular weight excluding hydrogens is 182 g/mol. The van der Waals surface area contributed by atoms with Gasteiger partial charge in [0.2, 0.25) is 0 Å². The molecule has 1 atom stereocenters. The second-order valence-corrected chi connectivity index (χ2v) is 3.25. The van der Waals surface area contributed by atoms with Crippen molar-refractivity contribution in [2.24, 2.45) is 11.7 Å². The second kappa shape index (κ2) is 5.39. The highest BCUT2D eigenvalue weighted by molar-refractivity contribution is 5.70. The Bertz CT molecular complexity index is 272. The number of nitrogens with zero attached hydrogens (tertiary/aromatic N) is 1. The van der Waals surface area contributed by atoms with Crippen molar-refractivity contribution in [3.63, 3.8) is 0 Å². The third-order valence-electron chi connectivity index (χ3n) is 2.13. The number of nitrogens with two attached hydrogens (primary N) is 1. The van der Waals surface area contributed by atoms with E-state index in [1.807, 2.05) is 0 Å². The van der Waals surface area contributed by atoms with Crippen molar-refractivity contribution in [2.45, 2.75) is 19.3 Å². The molecule has 0 radical (unpaired) electrons. The summed E-state index contributed by atoms with van der Waals surface area (Å²) in [5, 5.41) is 8.92. The van der Waals surface area contributed by atoms with Crippen LogP contribution >= 0.6 is 0 Å². The number of hydrogen-bond donors (Lipinski definition) is 3. The molecule has 0 unspecified atom stereocenters. The molecule has 1 aromatic heterocycles. The predicted molar refractivity (Wildman–Crippen MR) is 51.7 cm³/mol. The highest BCUT2D eigenvalue weighted by Gasteiger charge is 2.17. The number of rotatable bonds is 6. The largest absolute Gasteiger partial charge is 0.481 e. The molecule has 0 aliphatic heterocycles. The van der Waals surface area contributed by atoms with Crippen LogP contribution in [0.2, 0.25) is 0 Å². The number of carboxylic acid groups (broad SMARTS) is 1. The summed E-state index contributed by atoms with van der Waals surface area (Å²) in [6.07, 6.45) is 5.06. The number of aliphatic carboxylic acids is 1. The first-order valence-electron chi connectivity index (χ1n) is 4.64. The molecule has 5 nitrogen and oxygen atoms in total. The minimum absolute atomic E-state index is 0.362.